The molecule has 0 aliphatic rings. The fourth-order valence-corrected chi connectivity index (χ4v) is 4.11. The van der Waals surface area contributed by atoms with E-state index in [1.807, 2.05) is 13.0 Å². The van der Waals surface area contributed by atoms with Gasteiger partial charge in [0.15, 0.2) is 23.1 Å². The Bertz CT molecular complexity index is 902. The molecular weight excluding hydrogens is 342 g/mol. The monoisotopic (exact) mass is 364 g/mol. The molecule has 1 aromatic heterocycles. The lowest BCUT2D eigenvalue weighted by Gasteiger charge is -2.10. The van der Waals surface area contributed by atoms with Gasteiger partial charge in [-0.2, -0.15) is 0 Å². The Balaban J connectivity index is 2.08. The summed E-state index contributed by atoms with van der Waals surface area (Å²) in [7, 11) is 0. The molecule has 2 aromatic carbocycles. The third-order valence-corrected chi connectivity index (χ3v) is 5.42. The van der Waals surface area contributed by atoms with Crippen LogP contribution in [0.15, 0.2) is 18.2 Å². The first-order chi connectivity index (χ1) is 12.1. The van der Waals surface area contributed by atoms with Gasteiger partial charge in [-0.25, -0.2) is 8.78 Å². The number of benzene rings is 2. The Kier molecular flexibility index (Phi) is 5.42. The van der Waals surface area contributed by atoms with Gasteiger partial charge in [0, 0.05) is 10.8 Å². The molecule has 0 spiro atoms. The van der Waals surface area contributed by atoms with Gasteiger partial charge in [-0.1, -0.05) is 19.8 Å². The van der Waals surface area contributed by atoms with Crippen LogP contribution in [0.2, 0.25) is 0 Å². The van der Waals surface area contributed by atoms with E-state index in [1.54, 1.807) is 19.1 Å². The first kappa shape index (κ1) is 17.9. The van der Waals surface area contributed by atoms with E-state index in [2.05, 4.69) is 6.92 Å². The summed E-state index contributed by atoms with van der Waals surface area (Å²) in [5.41, 5.74) is 0.732. The summed E-state index contributed by atoms with van der Waals surface area (Å²) >= 11 is 1.11. The molecule has 0 aliphatic heterocycles. The summed E-state index contributed by atoms with van der Waals surface area (Å²) < 4.78 is 41.5. The summed E-state index contributed by atoms with van der Waals surface area (Å²) in [5.74, 6) is -0.344. The minimum absolute atomic E-state index is 0.203. The predicted molar refractivity (Wildman–Crippen MR) is 100 cm³/mol. The van der Waals surface area contributed by atoms with Crippen molar-refractivity contribution in [3.05, 3.63) is 35.4 Å². The molecule has 0 radical (unpaired) electrons. The molecule has 0 fully saturated rings. The van der Waals surface area contributed by atoms with Gasteiger partial charge < -0.3 is 9.47 Å². The van der Waals surface area contributed by atoms with Crippen molar-refractivity contribution >= 4 is 31.5 Å². The van der Waals surface area contributed by atoms with E-state index in [-0.39, 0.29) is 11.5 Å². The van der Waals surface area contributed by atoms with Gasteiger partial charge in [0.1, 0.15) is 0 Å². The van der Waals surface area contributed by atoms with Crippen LogP contribution in [0.4, 0.5) is 8.78 Å². The number of unbranched alkanes of at least 4 members (excludes halogenated alkanes) is 2. The van der Waals surface area contributed by atoms with E-state index < -0.39 is 11.6 Å². The standard InChI is InChI=1S/C20H22F2O2S/c1-4-6-7-10-24-18-12(3)11-14-13-8-9-15(23-5-2)16(21)19(13)25-20(14)17(18)22/h8-9,11H,4-7,10H2,1-3H3. The lowest BCUT2D eigenvalue weighted by Crippen LogP contribution is -2.01. The Hall–Kier alpha value is -1.88. The number of ether oxygens (including phenoxy) is 2. The maximum absolute atomic E-state index is 15.0. The summed E-state index contributed by atoms with van der Waals surface area (Å²) in [6.45, 7) is 6.62. The second-order valence-corrected chi connectivity index (χ2v) is 7.08. The second-order valence-electron chi connectivity index (χ2n) is 6.06. The molecule has 134 valence electrons. The maximum Gasteiger partial charge on any atom is 0.183 e. The highest BCUT2D eigenvalue weighted by Gasteiger charge is 2.20. The van der Waals surface area contributed by atoms with Gasteiger partial charge in [-0.3, -0.25) is 0 Å². The largest absolute Gasteiger partial charge is 0.491 e. The number of thiophene rings is 1. The predicted octanol–water partition coefficient (Wildman–Crippen LogP) is 6.61. The summed E-state index contributed by atoms with van der Waals surface area (Å²) in [5, 5.41) is 1.43. The van der Waals surface area contributed by atoms with Crippen LogP contribution in [-0.2, 0) is 0 Å². The van der Waals surface area contributed by atoms with E-state index in [4.69, 9.17) is 9.47 Å². The number of hydrogen-bond acceptors (Lipinski definition) is 3. The third kappa shape index (κ3) is 3.30. The first-order valence-corrected chi connectivity index (χ1v) is 9.49. The van der Waals surface area contributed by atoms with Crippen molar-refractivity contribution < 1.29 is 18.3 Å². The number of halogens is 2. The van der Waals surface area contributed by atoms with Gasteiger partial charge >= 0.3 is 0 Å². The molecule has 2 nitrogen and oxygen atoms in total. The quantitative estimate of drug-likeness (QED) is 0.439. The molecule has 3 rings (SSSR count). The van der Waals surface area contributed by atoms with Gasteiger partial charge in [0.2, 0.25) is 0 Å². The zero-order chi connectivity index (χ0) is 18.0. The van der Waals surface area contributed by atoms with Crippen LogP contribution in [0.3, 0.4) is 0 Å². The molecular formula is C20H22F2O2S. The molecule has 0 N–H and O–H groups in total. The molecule has 0 amide bonds. The molecule has 3 aromatic rings. The van der Waals surface area contributed by atoms with Crippen molar-refractivity contribution in [2.75, 3.05) is 13.2 Å². The molecule has 0 atom stereocenters. The summed E-state index contributed by atoms with van der Waals surface area (Å²) in [4.78, 5) is 0. The van der Waals surface area contributed by atoms with Gasteiger partial charge in [-0.05, 0) is 44.0 Å². The number of fused-ring (bicyclic) bond motifs is 3. The number of hydrogen-bond donors (Lipinski definition) is 0. The van der Waals surface area contributed by atoms with Gasteiger partial charge in [-0.15, -0.1) is 11.3 Å². The van der Waals surface area contributed by atoms with Crippen LogP contribution in [0, 0.1) is 18.6 Å². The fraction of sp³-hybridized carbons (Fsp3) is 0.400. The fourth-order valence-electron chi connectivity index (χ4n) is 2.96. The number of aryl methyl sites for hydroxylation is 1. The average Bonchev–Trinajstić information content (AvgIpc) is 2.96. The molecule has 0 bridgehead atoms. The molecule has 0 aliphatic carbocycles. The molecule has 25 heavy (non-hydrogen) atoms. The second kappa shape index (κ2) is 7.56. The van der Waals surface area contributed by atoms with Crippen molar-refractivity contribution in [2.24, 2.45) is 0 Å². The Morgan fingerprint density at radius 2 is 1.72 bits per heavy atom. The average molecular weight is 364 g/mol. The van der Waals surface area contributed by atoms with Crippen molar-refractivity contribution in [1.29, 1.82) is 0 Å². The van der Waals surface area contributed by atoms with E-state index in [0.717, 1.165) is 41.5 Å². The van der Waals surface area contributed by atoms with Crippen LogP contribution in [-0.4, -0.2) is 13.2 Å². The van der Waals surface area contributed by atoms with Crippen molar-refractivity contribution in [2.45, 2.75) is 40.0 Å². The number of rotatable bonds is 7. The van der Waals surface area contributed by atoms with E-state index in [9.17, 15) is 8.78 Å². The lowest BCUT2D eigenvalue weighted by atomic mass is 10.1. The van der Waals surface area contributed by atoms with Crippen molar-refractivity contribution in [3.63, 3.8) is 0 Å². The van der Waals surface area contributed by atoms with Gasteiger partial charge in [0.25, 0.3) is 0 Å². The molecule has 0 saturated heterocycles. The third-order valence-electron chi connectivity index (χ3n) is 4.21. The van der Waals surface area contributed by atoms with Crippen LogP contribution in [0.25, 0.3) is 20.2 Å². The highest BCUT2D eigenvalue weighted by molar-refractivity contribution is 7.25. The van der Waals surface area contributed by atoms with Crippen LogP contribution < -0.4 is 9.47 Å². The topological polar surface area (TPSA) is 18.5 Å². The first-order valence-electron chi connectivity index (χ1n) is 8.67. The zero-order valence-electron chi connectivity index (χ0n) is 14.7. The Morgan fingerprint density at radius 3 is 2.44 bits per heavy atom. The van der Waals surface area contributed by atoms with E-state index in [0.29, 0.717) is 28.0 Å². The van der Waals surface area contributed by atoms with Crippen LogP contribution in [0.5, 0.6) is 11.5 Å². The Labute approximate surface area is 150 Å². The molecule has 5 heteroatoms. The molecule has 1 heterocycles. The minimum Gasteiger partial charge on any atom is -0.491 e. The highest BCUT2D eigenvalue weighted by atomic mass is 32.1. The SMILES string of the molecule is CCCCCOc1c(C)cc2c(sc3c(F)c(OCC)ccc32)c1F. The normalized spacial score (nSPS) is 11.4. The van der Waals surface area contributed by atoms with Gasteiger partial charge in [0.05, 0.1) is 22.6 Å². The maximum atomic E-state index is 15.0. The molecule has 0 unspecified atom stereocenters. The highest BCUT2D eigenvalue weighted by Crippen LogP contribution is 2.43. The van der Waals surface area contributed by atoms with Crippen molar-refractivity contribution in [1.82, 2.24) is 0 Å². The van der Waals surface area contributed by atoms with E-state index in [1.165, 1.54) is 0 Å². The summed E-state index contributed by atoms with van der Waals surface area (Å²) in [6.07, 6.45) is 3.03. The lowest BCUT2D eigenvalue weighted by molar-refractivity contribution is 0.291. The van der Waals surface area contributed by atoms with Crippen LogP contribution in [0.1, 0.15) is 38.7 Å². The minimum atomic E-state index is -0.428. The molecule has 0 saturated carbocycles. The van der Waals surface area contributed by atoms with E-state index >= 15 is 0 Å². The smallest absolute Gasteiger partial charge is 0.183 e. The van der Waals surface area contributed by atoms with Crippen LogP contribution >= 0.6 is 11.3 Å². The van der Waals surface area contributed by atoms with Crippen molar-refractivity contribution in [3.8, 4) is 11.5 Å². The summed E-state index contributed by atoms with van der Waals surface area (Å²) in [6, 6.07) is 5.28. The Morgan fingerprint density at radius 1 is 0.960 bits per heavy atom. The zero-order valence-corrected chi connectivity index (χ0v) is 15.6.